The van der Waals surface area contributed by atoms with Crippen molar-refractivity contribution in [2.45, 2.75) is 25.6 Å². The summed E-state index contributed by atoms with van der Waals surface area (Å²) in [4.78, 5) is 2.19. The second-order valence-electron chi connectivity index (χ2n) is 7.95. The molecule has 0 fully saturated rings. The van der Waals surface area contributed by atoms with Crippen LogP contribution in [-0.2, 0) is 10.3 Å². The molecular formula is C28H35NO4. The van der Waals surface area contributed by atoms with Gasteiger partial charge in [0.25, 0.3) is 0 Å². The molecule has 33 heavy (non-hydrogen) atoms. The monoisotopic (exact) mass is 449 g/mol. The Bertz CT molecular complexity index is 906. The number of nitrogens with zero attached hydrogens (tertiary/aromatic N) is 1. The van der Waals surface area contributed by atoms with E-state index in [1.165, 1.54) is 0 Å². The highest BCUT2D eigenvalue weighted by atomic mass is 16.5. The third-order valence-corrected chi connectivity index (χ3v) is 6.03. The van der Waals surface area contributed by atoms with E-state index in [2.05, 4.69) is 30.9 Å². The highest BCUT2D eigenvalue weighted by Crippen LogP contribution is 2.41. The van der Waals surface area contributed by atoms with E-state index >= 15 is 0 Å². The van der Waals surface area contributed by atoms with Crippen LogP contribution >= 0.6 is 0 Å². The molecule has 3 rings (SSSR count). The van der Waals surface area contributed by atoms with Crippen molar-refractivity contribution in [3.05, 3.63) is 95.6 Å². The summed E-state index contributed by atoms with van der Waals surface area (Å²) in [6.07, 6.45) is -0.621. The second-order valence-corrected chi connectivity index (χ2v) is 7.95. The Morgan fingerprint density at radius 3 is 1.61 bits per heavy atom. The van der Waals surface area contributed by atoms with Crippen molar-refractivity contribution in [1.82, 2.24) is 4.90 Å². The zero-order valence-electron chi connectivity index (χ0n) is 20.0. The van der Waals surface area contributed by atoms with E-state index < -0.39 is 11.7 Å². The largest absolute Gasteiger partial charge is 0.497 e. The minimum Gasteiger partial charge on any atom is -0.497 e. The molecule has 3 aromatic carbocycles. The fourth-order valence-electron chi connectivity index (χ4n) is 4.13. The maximum atomic E-state index is 10.8. The molecule has 0 aliphatic heterocycles. The summed E-state index contributed by atoms with van der Waals surface area (Å²) in [6, 6.07) is 26.0. The summed E-state index contributed by atoms with van der Waals surface area (Å²) in [5.41, 5.74) is 1.98. The summed E-state index contributed by atoms with van der Waals surface area (Å²) in [7, 11) is 3.31. The summed E-state index contributed by atoms with van der Waals surface area (Å²) in [5.74, 6) is 1.55. The van der Waals surface area contributed by atoms with Crippen molar-refractivity contribution in [1.29, 1.82) is 0 Å². The average Bonchev–Trinajstić information content (AvgIpc) is 2.89. The molecule has 5 heteroatoms. The Hall–Kier alpha value is -2.86. The molecule has 0 bridgehead atoms. The van der Waals surface area contributed by atoms with Crippen molar-refractivity contribution in [3.8, 4) is 11.5 Å². The van der Waals surface area contributed by atoms with Crippen molar-refractivity contribution >= 4 is 0 Å². The van der Waals surface area contributed by atoms with Crippen LogP contribution in [0.5, 0.6) is 11.5 Å². The van der Waals surface area contributed by atoms with Crippen LogP contribution in [0, 0.1) is 0 Å². The molecule has 0 amide bonds. The second kappa shape index (κ2) is 11.8. The van der Waals surface area contributed by atoms with E-state index in [4.69, 9.17) is 14.2 Å². The highest BCUT2D eigenvalue weighted by molar-refractivity contribution is 5.49. The van der Waals surface area contributed by atoms with Gasteiger partial charge in [0.2, 0.25) is 0 Å². The predicted octanol–water partition coefficient (Wildman–Crippen LogP) is 4.72. The van der Waals surface area contributed by atoms with Gasteiger partial charge in [-0.15, -0.1) is 0 Å². The molecule has 176 valence electrons. The SMILES string of the molecule is CCN(CC)CC(O)COC(c1ccccc1)(c1ccc(OC)cc1)c1ccc(OC)cc1. The van der Waals surface area contributed by atoms with Gasteiger partial charge in [-0.2, -0.15) is 0 Å². The van der Waals surface area contributed by atoms with Gasteiger partial charge in [0.1, 0.15) is 17.1 Å². The number of aliphatic hydroxyl groups is 1. The van der Waals surface area contributed by atoms with E-state index in [0.717, 1.165) is 41.3 Å². The fourth-order valence-corrected chi connectivity index (χ4v) is 4.13. The number of benzene rings is 3. The van der Waals surface area contributed by atoms with Gasteiger partial charge in [-0.05, 0) is 54.0 Å². The number of aliphatic hydroxyl groups excluding tert-OH is 1. The normalized spacial score (nSPS) is 12.5. The van der Waals surface area contributed by atoms with Crippen LogP contribution in [0.2, 0.25) is 0 Å². The summed E-state index contributed by atoms with van der Waals surface area (Å²) < 4.78 is 17.5. The maximum absolute atomic E-state index is 10.8. The van der Waals surface area contributed by atoms with Gasteiger partial charge in [0.15, 0.2) is 0 Å². The molecule has 0 aliphatic rings. The smallest absolute Gasteiger partial charge is 0.143 e. The molecule has 0 saturated carbocycles. The van der Waals surface area contributed by atoms with Crippen LogP contribution < -0.4 is 9.47 Å². The molecule has 0 saturated heterocycles. The minimum atomic E-state index is -0.913. The molecule has 0 heterocycles. The number of hydrogen-bond donors (Lipinski definition) is 1. The number of methoxy groups -OCH3 is 2. The van der Waals surface area contributed by atoms with E-state index in [-0.39, 0.29) is 6.61 Å². The van der Waals surface area contributed by atoms with Crippen molar-refractivity contribution in [2.75, 3.05) is 40.5 Å². The fraction of sp³-hybridized carbons (Fsp3) is 0.357. The zero-order valence-corrected chi connectivity index (χ0v) is 20.0. The first-order valence-corrected chi connectivity index (χ1v) is 11.5. The summed E-state index contributed by atoms with van der Waals surface area (Å²) in [6.45, 7) is 6.70. The molecule has 0 spiro atoms. The Kier molecular flexibility index (Phi) is 8.89. The number of ether oxygens (including phenoxy) is 3. The van der Waals surface area contributed by atoms with Gasteiger partial charge in [-0.25, -0.2) is 0 Å². The van der Waals surface area contributed by atoms with Crippen LogP contribution in [-0.4, -0.2) is 56.6 Å². The quantitative estimate of drug-likeness (QED) is 0.406. The zero-order chi connectivity index (χ0) is 23.7. The minimum absolute atomic E-state index is 0.184. The first kappa shape index (κ1) is 24.8. The number of rotatable bonds is 12. The lowest BCUT2D eigenvalue weighted by molar-refractivity contribution is -0.0459. The first-order valence-electron chi connectivity index (χ1n) is 11.5. The van der Waals surface area contributed by atoms with Gasteiger partial charge in [-0.1, -0.05) is 68.4 Å². The maximum Gasteiger partial charge on any atom is 0.143 e. The van der Waals surface area contributed by atoms with E-state index in [1.807, 2.05) is 66.7 Å². The average molecular weight is 450 g/mol. The third kappa shape index (κ3) is 5.74. The standard InChI is InChI=1S/C28H35NO4/c1-5-29(6-2)20-25(30)21-33-28(22-10-8-7-9-11-22,23-12-16-26(31-3)17-13-23)24-14-18-27(32-4)19-15-24/h7-19,25,30H,5-6,20-21H2,1-4H3. The third-order valence-electron chi connectivity index (χ3n) is 6.03. The molecule has 0 aromatic heterocycles. The summed E-state index contributed by atoms with van der Waals surface area (Å²) >= 11 is 0. The first-order chi connectivity index (χ1) is 16.1. The topological polar surface area (TPSA) is 51.2 Å². The lowest BCUT2D eigenvalue weighted by Gasteiger charge is -2.37. The van der Waals surface area contributed by atoms with Crippen LogP contribution in [0.25, 0.3) is 0 Å². The van der Waals surface area contributed by atoms with Crippen molar-refractivity contribution in [3.63, 3.8) is 0 Å². The predicted molar refractivity (Wildman–Crippen MR) is 132 cm³/mol. The number of likely N-dealkylation sites (N-methyl/N-ethyl adjacent to an activating group) is 1. The van der Waals surface area contributed by atoms with Crippen molar-refractivity contribution in [2.24, 2.45) is 0 Å². The van der Waals surface area contributed by atoms with E-state index in [0.29, 0.717) is 6.54 Å². The summed E-state index contributed by atoms with van der Waals surface area (Å²) in [5, 5.41) is 10.8. The van der Waals surface area contributed by atoms with Crippen molar-refractivity contribution < 1.29 is 19.3 Å². The van der Waals surface area contributed by atoms with Gasteiger partial charge in [-0.3, -0.25) is 0 Å². The molecule has 1 unspecified atom stereocenters. The molecular weight excluding hydrogens is 414 g/mol. The van der Waals surface area contributed by atoms with Gasteiger partial charge >= 0.3 is 0 Å². The highest BCUT2D eigenvalue weighted by Gasteiger charge is 2.38. The molecule has 1 atom stereocenters. The van der Waals surface area contributed by atoms with Crippen LogP contribution in [0.4, 0.5) is 0 Å². The van der Waals surface area contributed by atoms with Gasteiger partial charge < -0.3 is 24.2 Å². The molecule has 0 aliphatic carbocycles. The molecule has 3 aromatic rings. The Balaban J connectivity index is 2.10. The number of hydrogen-bond acceptors (Lipinski definition) is 5. The van der Waals surface area contributed by atoms with Crippen LogP contribution in [0.1, 0.15) is 30.5 Å². The van der Waals surface area contributed by atoms with Gasteiger partial charge in [0.05, 0.1) is 26.9 Å². The lowest BCUT2D eigenvalue weighted by Crippen LogP contribution is -2.39. The Morgan fingerprint density at radius 2 is 1.18 bits per heavy atom. The van der Waals surface area contributed by atoms with E-state index in [9.17, 15) is 5.11 Å². The Morgan fingerprint density at radius 1 is 0.727 bits per heavy atom. The lowest BCUT2D eigenvalue weighted by atomic mass is 9.80. The van der Waals surface area contributed by atoms with E-state index in [1.54, 1.807) is 14.2 Å². The molecule has 5 nitrogen and oxygen atoms in total. The van der Waals surface area contributed by atoms with Crippen LogP contribution in [0.3, 0.4) is 0 Å². The Labute approximate surface area is 197 Å². The molecule has 1 N–H and O–H groups in total. The van der Waals surface area contributed by atoms with Gasteiger partial charge in [0, 0.05) is 6.54 Å². The van der Waals surface area contributed by atoms with Crippen LogP contribution in [0.15, 0.2) is 78.9 Å². The molecule has 0 radical (unpaired) electrons.